The molecule has 1 aromatic heterocycles. The largest absolute Gasteiger partial charge is 0.495 e. The van der Waals surface area contributed by atoms with E-state index in [1.54, 1.807) is 19.4 Å². The maximum atomic E-state index is 13.8. The van der Waals surface area contributed by atoms with Crippen molar-refractivity contribution >= 4 is 45.5 Å². The molecule has 2 aromatic carbocycles. The van der Waals surface area contributed by atoms with Gasteiger partial charge in [-0.3, -0.25) is 4.79 Å². The number of ether oxygens (including phenoxy) is 1. The molecule has 1 fully saturated rings. The lowest BCUT2D eigenvalue weighted by atomic mass is 10.1. The highest BCUT2D eigenvalue weighted by Gasteiger charge is 2.14. The van der Waals surface area contributed by atoms with Crippen molar-refractivity contribution in [2.45, 2.75) is 32.1 Å². The lowest BCUT2D eigenvalue weighted by Gasteiger charge is -2.26. The number of hydrogen-bond acceptors (Lipinski definition) is 5. The van der Waals surface area contributed by atoms with Gasteiger partial charge in [0.1, 0.15) is 17.4 Å². The summed E-state index contributed by atoms with van der Waals surface area (Å²) in [5.74, 6) is 0.597. The van der Waals surface area contributed by atoms with Crippen molar-refractivity contribution in [3.05, 3.63) is 53.4 Å². The summed E-state index contributed by atoms with van der Waals surface area (Å²) in [5, 5.41) is 8.03. The predicted molar refractivity (Wildman–Crippen MR) is 131 cm³/mol. The minimum atomic E-state index is -0.440. The Hall–Kier alpha value is -2.90. The highest BCUT2D eigenvalue weighted by atomic mass is 35.5. The predicted octanol–water partition coefficient (Wildman–Crippen LogP) is 5.98. The van der Waals surface area contributed by atoms with Crippen LogP contribution in [-0.4, -0.2) is 42.5 Å². The van der Waals surface area contributed by atoms with Gasteiger partial charge in [0.15, 0.2) is 0 Å². The molecule has 0 spiro atoms. The number of amides is 1. The third-order valence-corrected chi connectivity index (χ3v) is 6.03. The number of likely N-dealkylation sites (tertiary alicyclic amines) is 1. The van der Waals surface area contributed by atoms with E-state index in [1.807, 2.05) is 18.2 Å². The van der Waals surface area contributed by atoms with Gasteiger partial charge in [-0.1, -0.05) is 18.0 Å². The van der Waals surface area contributed by atoms with E-state index in [9.17, 15) is 9.18 Å². The lowest BCUT2D eigenvalue weighted by Crippen LogP contribution is -2.31. The number of nitrogens with zero attached hydrogens (tertiary/aromatic N) is 2. The van der Waals surface area contributed by atoms with Crippen LogP contribution in [0.2, 0.25) is 5.02 Å². The van der Waals surface area contributed by atoms with Crippen molar-refractivity contribution in [1.29, 1.82) is 0 Å². The zero-order chi connectivity index (χ0) is 23.2. The molecular formula is C25H28ClFN4O2. The average molecular weight is 471 g/mol. The highest BCUT2D eigenvalue weighted by Crippen LogP contribution is 2.34. The molecule has 33 heavy (non-hydrogen) atoms. The third-order valence-electron chi connectivity index (χ3n) is 5.81. The Labute approximate surface area is 198 Å². The Balaban J connectivity index is 1.51. The van der Waals surface area contributed by atoms with Crippen LogP contribution in [0.15, 0.2) is 42.6 Å². The summed E-state index contributed by atoms with van der Waals surface area (Å²) >= 11 is 5.98. The first-order valence-electron chi connectivity index (χ1n) is 11.2. The van der Waals surface area contributed by atoms with Crippen LogP contribution in [0.3, 0.4) is 0 Å². The molecule has 4 rings (SSSR count). The Morgan fingerprint density at radius 3 is 2.76 bits per heavy atom. The zero-order valence-electron chi connectivity index (χ0n) is 18.7. The molecule has 0 bridgehead atoms. The van der Waals surface area contributed by atoms with E-state index in [0.717, 1.165) is 36.8 Å². The summed E-state index contributed by atoms with van der Waals surface area (Å²) in [6, 6.07) is 9.75. The molecule has 8 heteroatoms. The standard InChI is InChI=1S/C25H28ClFN4O2/c1-33-23-12-17-7-8-28-25(29-20-14-18(26)13-19(27)15-20)21(17)16-22(23)30-24(32)6-5-11-31-9-3-2-4-10-31/h7-8,12-16H,2-6,9-11H2,1H3,(H,28,29)(H,30,32). The number of benzene rings is 2. The van der Waals surface area contributed by atoms with Crippen LogP contribution in [0.4, 0.5) is 21.6 Å². The van der Waals surface area contributed by atoms with Crippen molar-refractivity contribution < 1.29 is 13.9 Å². The maximum absolute atomic E-state index is 13.8. The fourth-order valence-electron chi connectivity index (χ4n) is 4.19. The van der Waals surface area contributed by atoms with Gasteiger partial charge in [0, 0.05) is 28.7 Å². The molecule has 1 aliphatic rings. The van der Waals surface area contributed by atoms with Gasteiger partial charge in [-0.25, -0.2) is 9.37 Å². The van der Waals surface area contributed by atoms with E-state index in [1.165, 1.54) is 31.4 Å². The second-order valence-corrected chi connectivity index (χ2v) is 8.71. The molecule has 0 atom stereocenters. The summed E-state index contributed by atoms with van der Waals surface area (Å²) in [6.45, 7) is 3.19. The number of halogens is 2. The number of fused-ring (bicyclic) bond motifs is 1. The van der Waals surface area contributed by atoms with Gasteiger partial charge >= 0.3 is 0 Å². The van der Waals surface area contributed by atoms with Crippen molar-refractivity contribution in [2.75, 3.05) is 37.4 Å². The molecule has 2 heterocycles. The number of carbonyl (C=O) groups excluding carboxylic acids is 1. The Morgan fingerprint density at radius 2 is 2.00 bits per heavy atom. The normalized spacial score (nSPS) is 14.3. The topological polar surface area (TPSA) is 66.5 Å². The number of anilines is 3. The minimum absolute atomic E-state index is 0.0556. The molecule has 174 valence electrons. The summed E-state index contributed by atoms with van der Waals surface area (Å²) in [7, 11) is 1.57. The first-order chi connectivity index (χ1) is 16.0. The lowest BCUT2D eigenvalue weighted by molar-refractivity contribution is -0.116. The smallest absolute Gasteiger partial charge is 0.224 e. The van der Waals surface area contributed by atoms with Gasteiger partial charge in [-0.2, -0.15) is 0 Å². The van der Waals surface area contributed by atoms with Gasteiger partial charge in [0.05, 0.1) is 12.8 Å². The number of methoxy groups -OCH3 is 1. The monoisotopic (exact) mass is 470 g/mol. The van der Waals surface area contributed by atoms with Crippen LogP contribution in [0, 0.1) is 5.82 Å². The third kappa shape index (κ3) is 6.12. The zero-order valence-corrected chi connectivity index (χ0v) is 19.4. The van der Waals surface area contributed by atoms with Crippen molar-refractivity contribution in [3.63, 3.8) is 0 Å². The van der Waals surface area contributed by atoms with E-state index in [2.05, 4.69) is 20.5 Å². The molecule has 0 radical (unpaired) electrons. The molecule has 6 nitrogen and oxygen atoms in total. The molecule has 1 amide bonds. The maximum Gasteiger partial charge on any atom is 0.224 e. The van der Waals surface area contributed by atoms with Crippen molar-refractivity contribution in [1.82, 2.24) is 9.88 Å². The van der Waals surface area contributed by atoms with E-state index in [0.29, 0.717) is 29.4 Å². The quantitative estimate of drug-likeness (QED) is 0.423. The highest BCUT2D eigenvalue weighted by molar-refractivity contribution is 6.30. The molecule has 2 N–H and O–H groups in total. The number of piperidine rings is 1. The SMILES string of the molecule is COc1cc2ccnc(Nc3cc(F)cc(Cl)c3)c2cc1NC(=O)CCCN1CCCCC1. The van der Waals surface area contributed by atoms with Crippen LogP contribution < -0.4 is 15.4 Å². The van der Waals surface area contributed by atoms with Crippen LogP contribution in [0.5, 0.6) is 5.75 Å². The van der Waals surface area contributed by atoms with Crippen molar-refractivity contribution in [3.8, 4) is 5.75 Å². The van der Waals surface area contributed by atoms with E-state index in [4.69, 9.17) is 16.3 Å². The number of nitrogens with one attached hydrogen (secondary N) is 2. The molecule has 3 aromatic rings. The van der Waals surface area contributed by atoms with Crippen LogP contribution in [0.1, 0.15) is 32.1 Å². The summed E-state index contributed by atoms with van der Waals surface area (Å²) in [5.41, 5.74) is 1.06. The van der Waals surface area contributed by atoms with Crippen LogP contribution >= 0.6 is 11.6 Å². The molecular weight excluding hydrogens is 443 g/mol. The number of carbonyl (C=O) groups is 1. The van der Waals surface area contributed by atoms with Crippen LogP contribution in [0.25, 0.3) is 10.8 Å². The fraction of sp³-hybridized carbons (Fsp3) is 0.360. The van der Waals surface area contributed by atoms with Gasteiger partial charge < -0.3 is 20.3 Å². The summed E-state index contributed by atoms with van der Waals surface area (Å²) in [4.78, 5) is 19.5. The fourth-order valence-corrected chi connectivity index (χ4v) is 4.41. The first kappa shape index (κ1) is 23.3. The van der Waals surface area contributed by atoms with Crippen molar-refractivity contribution in [2.24, 2.45) is 0 Å². The van der Waals surface area contributed by atoms with Crippen LogP contribution in [-0.2, 0) is 4.79 Å². The number of pyridine rings is 1. The Morgan fingerprint density at radius 1 is 1.18 bits per heavy atom. The molecule has 1 aliphatic heterocycles. The van der Waals surface area contributed by atoms with E-state index in [-0.39, 0.29) is 10.9 Å². The Bertz CT molecular complexity index is 1110. The second-order valence-electron chi connectivity index (χ2n) is 8.27. The van der Waals surface area contributed by atoms with Gasteiger partial charge in [-0.05, 0) is 80.7 Å². The minimum Gasteiger partial charge on any atom is -0.495 e. The summed E-state index contributed by atoms with van der Waals surface area (Å²) < 4.78 is 19.3. The van der Waals surface area contributed by atoms with E-state index >= 15 is 0 Å². The molecule has 0 unspecified atom stereocenters. The molecule has 1 saturated heterocycles. The first-order valence-corrected chi connectivity index (χ1v) is 11.6. The summed E-state index contributed by atoms with van der Waals surface area (Å²) in [6.07, 6.45) is 6.70. The number of aromatic nitrogens is 1. The van der Waals surface area contributed by atoms with Gasteiger partial charge in [0.2, 0.25) is 5.91 Å². The number of rotatable bonds is 8. The molecule has 0 aliphatic carbocycles. The molecule has 0 saturated carbocycles. The average Bonchev–Trinajstić information content (AvgIpc) is 2.79. The number of hydrogen-bond donors (Lipinski definition) is 2. The van der Waals surface area contributed by atoms with Gasteiger partial charge in [0.25, 0.3) is 0 Å². The van der Waals surface area contributed by atoms with E-state index < -0.39 is 5.82 Å². The Kier molecular flexibility index (Phi) is 7.62. The van der Waals surface area contributed by atoms with Gasteiger partial charge in [-0.15, -0.1) is 0 Å². The second kappa shape index (κ2) is 10.8.